The van der Waals surface area contributed by atoms with Crippen LogP contribution in [-0.4, -0.2) is 63.6 Å². The first-order valence-corrected chi connectivity index (χ1v) is 12.1. The quantitative estimate of drug-likeness (QED) is 0.365. The molecule has 5 rings (SSSR count). The Morgan fingerprint density at radius 3 is 2.64 bits per heavy atom. The molecule has 1 aliphatic heterocycles. The minimum atomic E-state index is -0.664. The summed E-state index contributed by atoms with van der Waals surface area (Å²) >= 11 is 0. The highest BCUT2D eigenvalue weighted by Crippen LogP contribution is 2.26. The van der Waals surface area contributed by atoms with E-state index < -0.39 is 11.5 Å². The van der Waals surface area contributed by atoms with Gasteiger partial charge in [-0.3, -0.25) is 14.2 Å². The fourth-order valence-electron chi connectivity index (χ4n) is 4.31. The largest absolute Gasteiger partial charge is 0.367 e. The lowest BCUT2D eigenvalue weighted by Crippen LogP contribution is -2.44. The van der Waals surface area contributed by atoms with Crippen molar-refractivity contribution in [2.45, 2.75) is 0 Å². The Kier molecular flexibility index (Phi) is 6.98. The van der Waals surface area contributed by atoms with Gasteiger partial charge in [-0.25, -0.2) is 9.37 Å². The van der Waals surface area contributed by atoms with Crippen LogP contribution in [0.1, 0.15) is 5.82 Å². The minimum absolute atomic E-state index is 0.0803. The van der Waals surface area contributed by atoms with Crippen molar-refractivity contribution in [3.8, 4) is 11.8 Å². The van der Waals surface area contributed by atoms with Crippen LogP contribution in [-0.2, 0) is 4.79 Å². The fraction of sp³-hybridized carbons (Fsp3) is 0.185. The molecule has 0 radical (unpaired) electrons. The number of nitrogens with one attached hydrogen (secondary N) is 2. The number of aromatic nitrogens is 4. The van der Waals surface area contributed by atoms with E-state index in [1.807, 2.05) is 18.0 Å². The number of amides is 1. The number of piperazine rings is 1. The third kappa shape index (κ3) is 5.29. The number of carbonyl (C=O) groups excluding carboxylic acids is 1. The summed E-state index contributed by atoms with van der Waals surface area (Å²) < 4.78 is 16.4. The monoisotopic (exact) mass is 525 g/mol. The van der Waals surface area contributed by atoms with Crippen molar-refractivity contribution in [2.24, 2.45) is 0 Å². The first kappa shape index (κ1) is 25.5. The molecule has 2 N–H and O–H groups in total. The van der Waals surface area contributed by atoms with E-state index in [9.17, 15) is 14.9 Å². The summed E-state index contributed by atoms with van der Waals surface area (Å²) in [5, 5.41) is 15.5. The third-order valence-corrected chi connectivity index (χ3v) is 6.34. The fourth-order valence-corrected chi connectivity index (χ4v) is 4.31. The van der Waals surface area contributed by atoms with E-state index in [1.165, 1.54) is 16.8 Å². The van der Waals surface area contributed by atoms with E-state index in [4.69, 9.17) is 0 Å². The molecule has 11 nitrogen and oxygen atoms in total. The lowest BCUT2D eigenvalue weighted by molar-refractivity contribution is -0.111. The van der Waals surface area contributed by atoms with Gasteiger partial charge in [0.1, 0.15) is 17.3 Å². The molecular weight excluding hydrogens is 501 g/mol. The molecule has 1 aliphatic rings. The Morgan fingerprint density at radius 2 is 1.92 bits per heavy atom. The number of hydrogen-bond donors (Lipinski definition) is 2. The summed E-state index contributed by atoms with van der Waals surface area (Å²) in [5.41, 5.74) is 1.26. The van der Waals surface area contributed by atoms with Crippen LogP contribution in [0, 0.1) is 17.1 Å². The molecule has 0 spiro atoms. The molecule has 12 heteroatoms. The number of carbonyl (C=O) groups is 1. The van der Waals surface area contributed by atoms with Gasteiger partial charge in [0.25, 0.3) is 5.56 Å². The second-order valence-corrected chi connectivity index (χ2v) is 8.94. The summed E-state index contributed by atoms with van der Waals surface area (Å²) in [6, 6.07) is 13.4. The van der Waals surface area contributed by atoms with Gasteiger partial charge in [0.2, 0.25) is 17.7 Å². The molecule has 0 atom stereocenters. The molecule has 39 heavy (non-hydrogen) atoms. The zero-order chi connectivity index (χ0) is 27.5. The highest BCUT2D eigenvalue weighted by atomic mass is 19.1. The zero-order valence-electron chi connectivity index (χ0n) is 21.1. The van der Waals surface area contributed by atoms with Gasteiger partial charge in [-0.05, 0) is 49.5 Å². The van der Waals surface area contributed by atoms with Crippen LogP contribution in [0.3, 0.4) is 0 Å². The van der Waals surface area contributed by atoms with Gasteiger partial charge in [-0.2, -0.15) is 15.2 Å². The number of halogens is 1. The molecule has 196 valence electrons. The molecule has 1 fully saturated rings. The van der Waals surface area contributed by atoms with Gasteiger partial charge in [-0.1, -0.05) is 12.6 Å². The van der Waals surface area contributed by atoms with E-state index >= 15 is 4.39 Å². The Balaban J connectivity index is 1.52. The zero-order valence-corrected chi connectivity index (χ0v) is 21.1. The molecule has 2 aromatic heterocycles. The van der Waals surface area contributed by atoms with E-state index in [0.29, 0.717) is 22.7 Å². The van der Waals surface area contributed by atoms with Crippen LogP contribution in [0.2, 0.25) is 0 Å². The summed E-state index contributed by atoms with van der Waals surface area (Å²) in [5.74, 6) is -0.896. The first-order valence-electron chi connectivity index (χ1n) is 12.1. The van der Waals surface area contributed by atoms with Crippen LogP contribution in [0.15, 0.2) is 66.1 Å². The van der Waals surface area contributed by atoms with Crippen LogP contribution in [0.25, 0.3) is 16.7 Å². The summed E-state index contributed by atoms with van der Waals surface area (Å²) in [6.07, 6.45) is 2.44. The number of likely N-dealkylation sites (N-methyl/N-ethyl adjacent to an activating group) is 1. The summed E-state index contributed by atoms with van der Waals surface area (Å²) in [6.45, 7) is 6.62. The first-order chi connectivity index (χ1) is 18.9. The second kappa shape index (κ2) is 10.7. The number of fused-ring (bicyclic) bond motifs is 1. The number of nitrogens with zero attached hydrogens (tertiary/aromatic N) is 7. The van der Waals surface area contributed by atoms with Gasteiger partial charge in [0.05, 0.1) is 11.4 Å². The summed E-state index contributed by atoms with van der Waals surface area (Å²) in [7, 11) is 2.04. The van der Waals surface area contributed by atoms with Gasteiger partial charge >= 0.3 is 0 Å². The van der Waals surface area contributed by atoms with Crippen molar-refractivity contribution in [2.75, 3.05) is 48.8 Å². The lowest BCUT2D eigenvalue weighted by atomic mass is 10.2. The van der Waals surface area contributed by atoms with Crippen molar-refractivity contribution < 1.29 is 9.18 Å². The number of anilines is 4. The highest BCUT2D eigenvalue weighted by molar-refractivity contribution is 5.99. The molecule has 0 bridgehead atoms. The molecule has 3 heterocycles. The summed E-state index contributed by atoms with van der Waals surface area (Å²) in [4.78, 5) is 41.1. The molecule has 0 unspecified atom stereocenters. The van der Waals surface area contributed by atoms with Crippen LogP contribution in [0.5, 0.6) is 0 Å². The van der Waals surface area contributed by atoms with Crippen molar-refractivity contribution in [3.63, 3.8) is 0 Å². The second-order valence-electron chi connectivity index (χ2n) is 8.94. The van der Waals surface area contributed by atoms with Crippen molar-refractivity contribution in [1.29, 1.82) is 5.26 Å². The molecule has 2 aromatic carbocycles. The van der Waals surface area contributed by atoms with E-state index in [2.05, 4.69) is 37.1 Å². The molecule has 0 saturated carbocycles. The normalized spacial score (nSPS) is 13.6. The SMILES string of the molecule is C=CC(=O)Nc1cccc(-n2c(C#N)nc(=O)c3cnc(Nc4ccc(N5CCN(C)CC5)c(F)c4)nc32)c1. The average Bonchev–Trinajstić information content (AvgIpc) is 2.93. The topological polar surface area (TPSA) is 132 Å². The number of benzene rings is 2. The smallest absolute Gasteiger partial charge is 0.284 e. The number of hydrogen-bond acceptors (Lipinski definition) is 9. The van der Waals surface area contributed by atoms with Crippen LogP contribution < -0.4 is 21.1 Å². The van der Waals surface area contributed by atoms with E-state index in [-0.39, 0.29) is 28.6 Å². The molecule has 0 aliphatic carbocycles. The molecule has 4 aromatic rings. The predicted molar refractivity (Wildman–Crippen MR) is 146 cm³/mol. The van der Waals surface area contributed by atoms with Crippen LogP contribution >= 0.6 is 0 Å². The molecule has 1 amide bonds. The van der Waals surface area contributed by atoms with Crippen molar-refractivity contribution >= 4 is 40.0 Å². The number of nitriles is 1. The van der Waals surface area contributed by atoms with Crippen LogP contribution in [0.4, 0.5) is 27.4 Å². The van der Waals surface area contributed by atoms with E-state index in [0.717, 1.165) is 32.3 Å². The Morgan fingerprint density at radius 1 is 1.13 bits per heavy atom. The molecular formula is C27H24FN9O2. The highest BCUT2D eigenvalue weighted by Gasteiger charge is 2.19. The van der Waals surface area contributed by atoms with Gasteiger partial charge in [0.15, 0.2) is 5.65 Å². The maximum absolute atomic E-state index is 15.0. The standard InChI is InChI=1S/C27H24FN9O2/c1-3-24(38)31-17-5-4-6-19(13-17)37-23(15-29)33-26(39)20-16-30-27(34-25(20)37)32-18-7-8-22(21(28)14-18)36-11-9-35(2)10-12-36/h3-8,13-14,16H,1,9-12H2,2H3,(H,31,38)(H,30,32,34). The van der Waals surface area contributed by atoms with Crippen molar-refractivity contribution in [3.05, 3.63) is 83.3 Å². The Hall–Kier alpha value is -5.15. The predicted octanol–water partition coefficient (Wildman–Crippen LogP) is 2.81. The minimum Gasteiger partial charge on any atom is -0.367 e. The lowest BCUT2D eigenvalue weighted by Gasteiger charge is -2.34. The number of rotatable bonds is 6. The maximum Gasteiger partial charge on any atom is 0.284 e. The third-order valence-electron chi connectivity index (χ3n) is 6.34. The Labute approximate surface area is 222 Å². The van der Waals surface area contributed by atoms with Gasteiger partial charge < -0.3 is 20.4 Å². The molecule has 1 saturated heterocycles. The van der Waals surface area contributed by atoms with Gasteiger partial charge in [0, 0.05) is 43.8 Å². The van der Waals surface area contributed by atoms with Gasteiger partial charge in [-0.15, -0.1) is 0 Å². The Bertz CT molecular complexity index is 1690. The average molecular weight is 526 g/mol. The van der Waals surface area contributed by atoms with E-state index in [1.54, 1.807) is 36.4 Å². The maximum atomic E-state index is 15.0. The van der Waals surface area contributed by atoms with Crippen molar-refractivity contribution in [1.82, 2.24) is 24.4 Å².